The van der Waals surface area contributed by atoms with E-state index >= 15 is 17.6 Å². The number of benzene rings is 4. The Labute approximate surface area is 373 Å². The van der Waals surface area contributed by atoms with Crippen molar-refractivity contribution in [2.45, 2.75) is 56.8 Å². The second kappa shape index (κ2) is 17.2. The van der Waals surface area contributed by atoms with Gasteiger partial charge in [-0.25, -0.2) is 22.1 Å². The van der Waals surface area contributed by atoms with Crippen LogP contribution in [0.5, 0.6) is 0 Å². The van der Waals surface area contributed by atoms with Crippen molar-refractivity contribution in [3.05, 3.63) is 135 Å². The number of nitrogens with zero attached hydrogens (tertiary/aromatic N) is 2. The van der Waals surface area contributed by atoms with E-state index < -0.39 is 111 Å². The molecule has 0 saturated carbocycles. The molecule has 16 nitrogen and oxygen atoms in total. The highest BCUT2D eigenvalue weighted by Crippen LogP contribution is 2.52. The number of rotatable bonds is 13. The molecule has 0 spiro atoms. The number of allylic oxidation sites excluding steroid dienone is 5. The lowest BCUT2D eigenvalue weighted by molar-refractivity contribution is -0.512. The Hall–Kier alpha value is -5.25. The smallest absolute Gasteiger partial charge is 0.313 e. The van der Waals surface area contributed by atoms with Crippen molar-refractivity contribution in [1.29, 1.82) is 0 Å². The third kappa shape index (κ3) is 9.69. The van der Waals surface area contributed by atoms with Gasteiger partial charge in [0.2, 0.25) is 0 Å². The number of fused-ring (bicyclic) bond motifs is 2. The molecule has 0 radical (unpaired) electrons. The Morgan fingerprint density at radius 3 is 1.75 bits per heavy atom. The zero-order valence-corrected chi connectivity index (χ0v) is 38.0. The molecule has 2 aliphatic rings. The summed E-state index contributed by atoms with van der Waals surface area (Å²) >= 11 is 0.0159. The van der Waals surface area contributed by atoms with Gasteiger partial charge >= 0.3 is 5.97 Å². The van der Waals surface area contributed by atoms with Crippen molar-refractivity contribution in [2.24, 2.45) is 0 Å². The molecule has 4 aromatic rings. The van der Waals surface area contributed by atoms with Crippen LogP contribution in [0.25, 0.3) is 5.57 Å². The second-order valence-corrected chi connectivity index (χ2v) is 21.9. The molecule has 0 aliphatic heterocycles. The Balaban J connectivity index is 1.57. The van der Waals surface area contributed by atoms with E-state index in [0.29, 0.717) is 12.1 Å². The molecule has 0 bridgehead atoms. The standard InChI is InChI=1S/C40H34F4N2O14S5/c1-40(2)28-13-22(45(3)17-20-5-9-24(62(49,50)51)15-30(20)64(55,56)57)7-11-26(28)33(34-35(41)37(43)39(38(44)36(34)42)61-19-32(47)48)27-12-8-23(14-29(27)40)46(4)18-21-6-10-25(63(52,53)54)16-31(21)65(58,59)60/h5-16H,17-19H2,1-4H3,(H4-,47,48,49,50,51,52,53,54,55,56,57,58,59,60)/p+1. The molecule has 0 amide bonds. The third-order valence-corrected chi connectivity index (χ3v) is 15.2. The average Bonchev–Trinajstić information content (AvgIpc) is 3.19. The number of anilines is 1. The van der Waals surface area contributed by atoms with Gasteiger partial charge in [0.1, 0.15) is 16.8 Å². The zero-order valence-electron chi connectivity index (χ0n) is 33.9. The van der Waals surface area contributed by atoms with Crippen LogP contribution in [0, 0.1) is 23.3 Å². The van der Waals surface area contributed by atoms with Crippen molar-refractivity contribution in [3.8, 4) is 0 Å². The predicted molar refractivity (Wildman–Crippen MR) is 226 cm³/mol. The zero-order chi connectivity index (χ0) is 48.5. The fraction of sp³-hybridized carbons (Fsp3) is 0.200. The van der Waals surface area contributed by atoms with Gasteiger partial charge < -0.3 is 10.0 Å². The van der Waals surface area contributed by atoms with Gasteiger partial charge in [0, 0.05) is 48.0 Å². The van der Waals surface area contributed by atoms with Crippen LogP contribution < -0.4 is 4.90 Å². The number of halogens is 4. The normalized spacial score (nSPS) is 15.9. The monoisotopic (exact) mass is 1000 g/mol. The quantitative estimate of drug-likeness (QED) is 0.0343. The minimum absolute atomic E-state index is 0.0159. The SMILES string of the molecule is CN(Cc1ccc(S(=O)(=O)O)cc1S(=O)(=O)O)c1ccc2c(c1)C(C)(C)C1=CC(=[N+](C)Cc3ccc(S(=O)(=O)O)cc3S(=O)(=O)O)C=CC1=C2c1c(F)c(F)c(SCC(=O)O)c(F)c1F. The molecule has 65 heavy (non-hydrogen) atoms. The third-order valence-electron chi connectivity index (χ3n) is 10.6. The van der Waals surface area contributed by atoms with Gasteiger partial charge in [0.05, 0.1) is 26.0 Å². The van der Waals surface area contributed by atoms with Crippen molar-refractivity contribution in [2.75, 3.05) is 24.7 Å². The van der Waals surface area contributed by atoms with E-state index in [1.807, 2.05) is 0 Å². The predicted octanol–water partition coefficient (Wildman–Crippen LogP) is 5.92. The number of carboxylic acids is 1. The van der Waals surface area contributed by atoms with Crippen LogP contribution in [0.4, 0.5) is 23.2 Å². The van der Waals surface area contributed by atoms with Crippen LogP contribution >= 0.6 is 11.8 Å². The molecule has 0 aromatic heterocycles. The summed E-state index contributed by atoms with van der Waals surface area (Å²) in [4.78, 5) is 8.06. The van der Waals surface area contributed by atoms with E-state index in [9.17, 15) is 56.7 Å². The average molecular weight is 1000 g/mol. The van der Waals surface area contributed by atoms with Gasteiger partial charge in [0.25, 0.3) is 40.5 Å². The Morgan fingerprint density at radius 1 is 0.723 bits per heavy atom. The van der Waals surface area contributed by atoms with Crippen LogP contribution in [0.15, 0.2) is 108 Å². The van der Waals surface area contributed by atoms with Crippen molar-refractivity contribution >= 4 is 75.2 Å². The van der Waals surface area contributed by atoms with Crippen molar-refractivity contribution in [1.82, 2.24) is 0 Å². The molecule has 4 aromatic carbocycles. The largest absolute Gasteiger partial charge is 0.481 e. The van der Waals surface area contributed by atoms with Gasteiger partial charge in [-0.15, -0.1) is 11.8 Å². The topological polar surface area (TPSA) is 261 Å². The number of hydrogen-bond acceptors (Lipinski definition) is 11. The van der Waals surface area contributed by atoms with Crippen LogP contribution in [-0.2, 0) is 63.8 Å². The Kier molecular flexibility index (Phi) is 13.0. The molecule has 0 fully saturated rings. The summed E-state index contributed by atoms with van der Waals surface area (Å²) in [6.45, 7) is 2.69. The van der Waals surface area contributed by atoms with Gasteiger partial charge in [-0.3, -0.25) is 23.0 Å². The number of hydrogen-bond donors (Lipinski definition) is 5. The van der Waals surface area contributed by atoms with Crippen LogP contribution in [0.1, 0.15) is 41.7 Å². The first-order valence-electron chi connectivity index (χ1n) is 18.3. The molecule has 0 atom stereocenters. The maximum atomic E-state index is 16.3. The summed E-state index contributed by atoms with van der Waals surface area (Å²) in [5.74, 6) is -9.93. The Morgan fingerprint density at radius 2 is 1.25 bits per heavy atom. The lowest BCUT2D eigenvalue weighted by Gasteiger charge is -2.39. The highest BCUT2D eigenvalue weighted by atomic mass is 32.2. The van der Waals surface area contributed by atoms with Crippen molar-refractivity contribution < 1.29 is 83.9 Å². The van der Waals surface area contributed by atoms with Gasteiger partial charge in [-0.1, -0.05) is 26.0 Å². The Bertz CT molecular complexity index is 3320. The summed E-state index contributed by atoms with van der Waals surface area (Å²) in [6, 6.07) is 9.32. The number of thioether (sulfide) groups is 1. The fourth-order valence-corrected chi connectivity index (χ4v) is 10.8. The minimum atomic E-state index is -5.07. The molecule has 2 aliphatic carbocycles. The molecule has 0 saturated heterocycles. The maximum absolute atomic E-state index is 16.3. The first-order chi connectivity index (χ1) is 29.8. The highest BCUT2D eigenvalue weighted by molar-refractivity contribution is 8.00. The summed E-state index contributed by atoms with van der Waals surface area (Å²) in [5, 5.41) is 9.09. The molecular formula is C40H35F4N2O14S5+. The van der Waals surface area contributed by atoms with Gasteiger partial charge in [0.15, 0.2) is 35.5 Å². The summed E-state index contributed by atoms with van der Waals surface area (Å²) in [7, 11) is -17.0. The lowest BCUT2D eigenvalue weighted by Crippen LogP contribution is -2.31. The molecule has 346 valence electrons. The van der Waals surface area contributed by atoms with Crippen LogP contribution in [0.3, 0.4) is 0 Å². The number of carboxylic acid groups (broad SMARTS) is 1. The second-order valence-electron chi connectivity index (χ2n) is 15.3. The van der Waals surface area contributed by atoms with Crippen LogP contribution in [0.2, 0.25) is 0 Å². The number of carbonyl (C=O) groups is 1. The van der Waals surface area contributed by atoms with E-state index in [4.69, 9.17) is 5.11 Å². The lowest BCUT2D eigenvalue weighted by atomic mass is 9.64. The van der Waals surface area contributed by atoms with E-state index in [0.717, 1.165) is 24.3 Å². The highest BCUT2D eigenvalue weighted by Gasteiger charge is 2.42. The summed E-state index contributed by atoms with van der Waals surface area (Å²) < 4.78 is 201. The summed E-state index contributed by atoms with van der Waals surface area (Å²) in [6.07, 6.45) is 4.31. The van der Waals surface area contributed by atoms with E-state index in [-0.39, 0.29) is 75.2 Å². The van der Waals surface area contributed by atoms with E-state index in [1.54, 1.807) is 13.8 Å². The summed E-state index contributed by atoms with van der Waals surface area (Å²) in [5.41, 5.74) is -1.81. The first kappa shape index (κ1) is 49.2. The maximum Gasteiger partial charge on any atom is 0.313 e. The molecule has 6 rings (SSSR count). The molecule has 5 N–H and O–H groups in total. The molecule has 25 heteroatoms. The number of aliphatic carboxylic acids is 1. The van der Waals surface area contributed by atoms with Gasteiger partial charge in [-0.2, -0.15) is 33.7 Å². The van der Waals surface area contributed by atoms with Crippen LogP contribution in [-0.4, -0.2) is 93.1 Å². The minimum Gasteiger partial charge on any atom is -0.481 e. The fourth-order valence-electron chi connectivity index (χ4n) is 7.49. The van der Waals surface area contributed by atoms with E-state index in [2.05, 4.69) is 0 Å². The van der Waals surface area contributed by atoms with E-state index in [1.165, 1.54) is 60.0 Å². The first-order valence-corrected chi connectivity index (χ1v) is 25.0. The molecule has 0 heterocycles. The molecular weight excluding hydrogens is 969 g/mol. The molecule has 0 unspecified atom stereocenters. The van der Waals surface area contributed by atoms with Gasteiger partial charge in [-0.05, 0) is 76.4 Å². The van der Waals surface area contributed by atoms with Crippen molar-refractivity contribution in [3.63, 3.8) is 0 Å².